The lowest BCUT2D eigenvalue weighted by Crippen LogP contribution is -2.46. The Hall–Kier alpha value is -1.49. The number of anilines is 1. The quantitative estimate of drug-likeness (QED) is 0.815. The highest BCUT2D eigenvalue weighted by Crippen LogP contribution is 2.19. The molecule has 104 valence electrons. The van der Waals surface area contributed by atoms with Crippen LogP contribution in [0.2, 0.25) is 0 Å². The fourth-order valence-corrected chi connectivity index (χ4v) is 2.13. The van der Waals surface area contributed by atoms with Crippen LogP contribution in [0.4, 0.5) is 5.69 Å². The third-order valence-electron chi connectivity index (χ3n) is 2.65. The summed E-state index contributed by atoms with van der Waals surface area (Å²) in [6.07, 6.45) is 1.98. The Morgan fingerprint density at radius 2 is 1.95 bits per heavy atom. The molecule has 0 bridgehead atoms. The Labute approximate surface area is 118 Å². The van der Waals surface area contributed by atoms with E-state index in [1.807, 2.05) is 44.4 Å². The molecule has 0 radical (unpaired) electrons. The summed E-state index contributed by atoms with van der Waals surface area (Å²) in [6, 6.07) is 7.10. The molecule has 2 N–H and O–H groups in total. The zero-order valence-electron chi connectivity index (χ0n) is 11.7. The van der Waals surface area contributed by atoms with E-state index in [4.69, 9.17) is 0 Å². The maximum Gasteiger partial charge on any atom is 0.247 e. The van der Waals surface area contributed by atoms with Crippen molar-refractivity contribution >= 4 is 29.3 Å². The van der Waals surface area contributed by atoms with Gasteiger partial charge in [0.1, 0.15) is 6.04 Å². The van der Waals surface area contributed by atoms with Crippen molar-refractivity contribution in [2.24, 2.45) is 5.92 Å². The molecule has 0 aromatic heterocycles. The molecule has 0 aliphatic carbocycles. The Morgan fingerprint density at radius 1 is 1.26 bits per heavy atom. The van der Waals surface area contributed by atoms with Crippen molar-refractivity contribution < 1.29 is 9.59 Å². The fourth-order valence-electron chi connectivity index (χ4n) is 1.67. The van der Waals surface area contributed by atoms with E-state index in [-0.39, 0.29) is 17.7 Å². The summed E-state index contributed by atoms with van der Waals surface area (Å²) >= 11 is 1.61. The number of rotatable bonds is 5. The van der Waals surface area contributed by atoms with Gasteiger partial charge in [0, 0.05) is 17.5 Å². The van der Waals surface area contributed by atoms with Crippen molar-refractivity contribution in [3.05, 3.63) is 24.3 Å². The van der Waals surface area contributed by atoms with Crippen molar-refractivity contribution in [2.75, 3.05) is 11.6 Å². The largest absolute Gasteiger partial charge is 0.344 e. The Kier molecular flexibility index (Phi) is 5.89. The minimum Gasteiger partial charge on any atom is -0.344 e. The summed E-state index contributed by atoms with van der Waals surface area (Å²) in [5, 5.41) is 5.51. The third-order valence-corrected chi connectivity index (χ3v) is 3.37. The smallest absolute Gasteiger partial charge is 0.247 e. The van der Waals surface area contributed by atoms with E-state index in [0.717, 1.165) is 10.6 Å². The first-order valence-electron chi connectivity index (χ1n) is 6.16. The van der Waals surface area contributed by atoms with Gasteiger partial charge in [0.2, 0.25) is 11.8 Å². The van der Waals surface area contributed by atoms with Gasteiger partial charge in [0.05, 0.1) is 0 Å². The first-order chi connectivity index (χ1) is 8.93. The molecule has 1 rings (SSSR count). The summed E-state index contributed by atoms with van der Waals surface area (Å²) in [6.45, 7) is 5.22. The zero-order chi connectivity index (χ0) is 14.4. The summed E-state index contributed by atoms with van der Waals surface area (Å²) < 4.78 is 0. The molecule has 1 aromatic carbocycles. The molecule has 0 saturated heterocycles. The van der Waals surface area contributed by atoms with Crippen LogP contribution >= 0.6 is 11.8 Å². The van der Waals surface area contributed by atoms with Crippen molar-refractivity contribution in [1.82, 2.24) is 5.32 Å². The highest BCUT2D eigenvalue weighted by molar-refractivity contribution is 7.98. The first-order valence-corrected chi connectivity index (χ1v) is 7.38. The molecule has 0 saturated carbocycles. The molecule has 0 unspecified atom stereocenters. The van der Waals surface area contributed by atoms with Crippen LogP contribution in [-0.2, 0) is 9.59 Å². The fraction of sp³-hybridized carbons (Fsp3) is 0.429. The van der Waals surface area contributed by atoms with Gasteiger partial charge in [-0.15, -0.1) is 11.8 Å². The number of carbonyl (C=O) groups is 2. The van der Waals surface area contributed by atoms with E-state index in [1.165, 1.54) is 6.92 Å². The van der Waals surface area contributed by atoms with Crippen LogP contribution in [0.5, 0.6) is 0 Å². The Balaban J connectivity index is 2.77. The van der Waals surface area contributed by atoms with Crippen molar-refractivity contribution in [3.63, 3.8) is 0 Å². The Bertz CT molecular complexity index is 461. The van der Waals surface area contributed by atoms with Crippen LogP contribution in [0, 0.1) is 5.92 Å². The number of nitrogens with one attached hydrogen (secondary N) is 2. The van der Waals surface area contributed by atoms with Gasteiger partial charge in [-0.05, 0) is 30.4 Å². The number of hydrogen-bond acceptors (Lipinski definition) is 3. The van der Waals surface area contributed by atoms with Crippen LogP contribution in [0.25, 0.3) is 0 Å². The van der Waals surface area contributed by atoms with Gasteiger partial charge in [-0.3, -0.25) is 9.59 Å². The van der Waals surface area contributed by atoms with E-state index < -0.39 is 6.04 Å². The molecule has 1 aromatic rings. The van der Waals surface area contributed by atoms with Crippen molar-refractivity contribution in [1.29, 1.82) is 0 Å². The third kappa shape index (κ3) is 4.95. The monoisotopic (exact) mass is 280 g/mol. The second-order valence-corrected chi connectivity index (χ2v) is 5.52. The lowest BCUT2D eigenvalue weighted by Gasteiger charge is -2.21. The maximum atomic E-state index is 12.2. The second-order valence-electron chi connectivity index (χ2n) is 4.64. The average Bonchev–Trinajstić information content (AvgIpc) is 2.35. The molecular formula is C14H20N2O2S. The van der Waals surface area contributed by atoms with Gasteiger partial charge >= 0.3 is 0 Å². The molecule has 0 spiro atoms. The van der Waals surface area contributed by atoms with E-state index >= 15 is 0 Å². The summed E-state index contributed by atoms with van der Waals surface area (Å²) in [7, 11) is 0. The topological polar surface area (TPSA) is 58.2 Å². The van der Waals surface area contributed by atoms with Crippen LogP contribution in [0.1, 0.15) is 20.8 Å². The average molecular weight is 280 g/mol. The highest BCUT2D eigenvalue weighted by atomic mass is 32.2. The van der Waals surface area contributed by atoms with Crippen LogP contribution in [0.15, 0.2) is 29.2 Å². The molecule has 1 atom stereocenters. The van der Waals surface area contributed by atoms with Gasteiger partial charge < -0.3 is 10.6 Å². The van der Waals surface area contributed by atoms with Crippen molar-refractivity contribution in [2.45, 2.75) is 31.7 Å². The SMILES string of the molecule is CSc1cccc(NC(=O)[C@H](NC(C)=O)C(C)C)c1. The van der Waals surface area contributed by atoms with Gasteiger partial charge in [-0.2, -0.15) is 0 Å². The lowest BCUT2D eigenvalue weighted by molar-refractivity contribution is -0.126. The van der Waals surface area contributed by atoms with Gasteiger partial charge in [-0.25, -0.2) is 0 Å². The van der Waals surface area contributed by atoms with Crippen LogP contribution in [-0.4, -0.2) is 24.1 Å². The molecule has 5 heteroatoms. The molecule has 2 amide bonds. The number of hydrogen-bond donors (Lipinski definition) is 2. The van der Waals surface area contributed by atoms with E-state index in [2.05, 4.69) is 10.6 Å². The number of carbonyl (C=O) groups excluding carboxylic acids is 2. The molecule has 0 fully saturated rings. The van der Waals surface area contributed by atoms with Gasteiger partial charge in [-0.1, -0.05) is 19.9 Å². The highest BCUT2D eigenvalue weighted by Gasteiger charge is 2.22. The Morgan fingerprint density at radius 3 is 2.47 bits per heavy atom. The number of thioether (sulfide) groups is 1. The second kappa shape index (κ2) is 7.19. The lowest BCUT2D eigenvalue weighted by atomic mass is 10.0. The molecule has 0 aliphatic rings. The van der Waals surface area contributed by atoms with E-state index in [1.54, 1.807) is 11.8 Å². The standard InChI is InChI=1S/C14H20N2O2S/c1-9(2)13(15-10(3)17)14(18)16-11-6-5-7-12(8-11)19-4/h5-9,13H,1-4H3,(H,15,17)(H,16,18)/t13-/m1/s1. The van der Waals surface area contributed by atoms with Crippen molar-refractivity contribution in [3.8, 4) is 0 Å². The maximum absolute atomic E-state index is 12.2. The minimum absolute atomic E-state index is 0.0348. The molecule has 4 nitrogen and oxygen atoms in total. The van der Waals surface area contributed by atoms with E-state index in [0.29, 0.717) is 0 Å². The normalized spacial score (nSPS) is 12.1. The minimum atomic E-state index is -0.518. The van der Waals surface area contributed by atoms with Crippen LogP contribution in [0.3, 0.4) is 0 Å². The summed E-state index contributed by atoms with van der Waals surface area (Å²) in [5.41, 5.74) is 0.743. The van der Waals surface area contributed by atoms with Gasteiger partial charge in [0.15, 0.2) is 0 Å². The summed E-state index contributed by atoms with van der Waals surface area (Å²) in [4.78, 5) is 24.4. The molecule has 0 heterocycles. The van der Waals surface area contributed by atoms with Crippen LogP contribution < -0.4 is 10.6 Å². The number of benzene rings is 1. The van der Waals surface area contributed by atoms with Gasteiger partial charge in [0.25, 0.3) is 0 Å². The molecule has 0 aliphatic heterocycles. The zero-order valence-corrected chi connectivity index (χ0v) is 12.5. The van der Waals surface area contributed by atoms with E-state index in [9.17, 15) is 9.59 Å². The molecular weight excluding hydrogens is 260 g/mol. The predicted molar refractivity (Wildman–Crippen MR) is 79.3 cm³/mol. The predicted octanol–water partition coefficient (Wildman–Crippen LogP) is 2.51. The first kappa shape index (κ1) is 15.6. The number of amides is 2. The molecule has 19 heavy (non-hydrogen) atoms. The summed E-state index contributed by atoms with van der Waals surface area (Å²) in [5.74, 6) is -0.359.